The maximum atomic E-state index is 13.4. The van der Waals surface area contributed by atoms with Crippen molar-refractivity contribution in [2.75, 3.05) is 12.4 Å². The molecule has 0 aromatic heterocycles. The van der Waals surface area contributed by atoms with E-state index in [2.05, 4.69) is 5.32 Å². The molecule has 0 radical (unpaired) electrons. The second-order valence-electron chi connectivity index (χ2n) is 4.95. The zero-order chi connectivity index (χ0) is 13.0. The molecule has 1 aliphatic carbocycles. The summed E-state index contributed by atoms with van der Waals surface area (Å²) >= 11 is 5.91. The average molecular weight is 274 g/mol. The topological polar surface area (TPSA) is 12.0 Å². The molecule has 1 saturated carbocycles. The maximum absolute atomic E-state index is 13.4. The number of hydrogen-bond donors (Lipinski definition) is 1. The molecule has 2 unspecified atom stereocenters. The first-order chi connectivity index (χ1) is 8.72. The fourth-order valence-electron chi connectivity index (χ4n) is 2.66. The highest BCUT2D eigenvalue weighted by molar-refractivity contribution is 6.18. The Hall–Kier alpha value is -0.670. The number of halogens is 3. The molecule has 0 amide bonds. The summed E-state index contributed by atoms with van der Waals surface area (Å²) in [5, 5.41) is 3.21. The van der Waals surface area contributed by atoms with Gasteiger partial charge in [0.2, 0.25) is 0 Å². The van der Waals surface area contributed by atoms with Gasteiger partial charge in [0, 0.05) is 18.0 Å². The van der Waals surface area contributed by atoms with Gasteiger partial charge in [-0.2, -0.15) is 0 Å². The van der Waals surface area contributed by atoms with Crippen LogP contribution in [0.25, 0.3) is 0 Å². The summed E-state index contributed by atoms with van der Waals surface area (Å²) in [7, 11) is 0. The first kappa shape index (κ1) is 13.8. The van der Waals surface area contributed by atoms with Gasteiger partial charge in [-0.05, 0) is 37.3 Å². The summed E-state index contributed by atoms with van der Waals surface area (Å²) in [6, 6.07) is 4.28. The highest BCUT2D eigenvalue weighted by Gasteiger charge is 2.25. The monoisotopic (exact) mass is 273 g/mol. The lowest BCUT2D eigenvalue weighted by atomic mass is 9.98. The van der Waals surface area contributed by atoms with Gasteiger partial charge in [0.05, 0.1) is 0 Å². The molecule has 100 valence electrons. The molecule has 2 atom stereocenters. The molecule has 1 aromatic rings. The minimum Gasteiger partial charge on any atom is -0.312 e. The van der Waals surface area contributed by atoms with Gasteiger partial charge in [-0.1, -0.05) is 18.6 Å². The molecule has 0 aliphatic heterocycles. The van der Waals surface area contributed by atoms with Gasteiger partial charge >= 0.3 is 0 Å². The van der Waals surface area contributed by atoms with Crippen LogP contribution in [0.3, 0.4) is 0 Å². The van der Waals surface area contributed by atoms with Crippen molar-refractivity contribution in [3.05, 3.63) is 35.4 Å². The smallest absolute Gasteiger partial charge is 0.163 e. The van der Waals surface area contributed by atoms with E-state index in [0.717, 1.165) is 12.6 Å². The van der Waals surface area contributed by atoms with Gasteiger partial charge in [0.15, 0.2) is 11.6 Å². The summed E-state index contributed by atoms with van der Waals surface area (Å²) in [5.41, 5.74) is 0.385. The molecule has 18 heavy (non-hydrogen) atoms. The van der Waals surface area contributed by atoms with Gasteiger partial charge < -0.3 is 5.32 Å². The highest BCUT2D eigenvalue weighted by atomic mass is 35.5. The lowest BCUT2D eigenvalue weighted by Crippen LogP contribution is -2.26. The first-order valence-corrected chi connectivity index (χ1v) is 6.95. The number of hydrogen-bond acceptors (Lipinski definition) is 1. The predicted molar refractivity (Wildman–Crippen MR) is 69.6 cm³/mol. The normalized spacial score (nSPS) is 23.5. The molecule has 1 aliphatic rings. The molecular weight excluding hydrogens is 256 g/mol. The Morgan fingerprint density at radius 2 is 2.00 bits per heavy atom. The third-order valence-corrected chi connectivity index (χ3v) is 4.16. The third kappa shape index (κ3) is 3.21. The maximum Gasteiger partial charge on any atom is 0.163 e. The quantitative estimate of drug-likeness (QED) is 0.807. The SMILES string of the molecule is Fc1cccc(CNCC2CCCC2CCl)c1F. The van der Waals surface area contributed by atoms with Crippen LogP contribution in [0.1, 0.15) is 24.8 Å². The Labute approximate surface area is 112 Å². The summed E-state index contributed by atoms with van der Waals surface area (Å²) in [4.78, 5) is 0. The van der Waals surface area contributed by atoms with Crippen LogP contribution in [0.5, 0.6) is 0 Å². The van der Waals surface area contributed by atoms with E-state index in [0.29, 0.717) is 29.8 Å². The van der Waals surface area contributed by atoms with Gasteiger partial charge in [0.1, 0.15) is 0 Å². The van der Waals surface area contributed by atoms with E-state index in [1.54, 1.807) is 6.07 Å². The van der Waals surface area contributed by atoms with Crippen LogP contribution in [-0.4, -0.2) is 12.4 Å². The zero-order valence-corrected chi connectivity index (χ0v) is 11.0. The van der Waals surface area contributed by atoms with Crippen LogP contribution in [0.4, 0.5) is 8.78 Å². The molecule has 1 N–H and O–H groups in total. The second-order valence-corrected chi connectivity index (χ2v) is 5.26. The van der Waals surface area contributed by atoms with Crippen molar-refractivity contribution in [2.24, 2.45) is 11.8 Å². The molecule has 0 saturated heterocycles. The summed E-state index contributed by atoms with van der Waals surface area (Å²) in [6.45, 7) is 1.20. The van der Waals surface area contributed by atoms with Crippen LogP contribution in [-0.2, 0) is 6.54 Å². The summed E-state index contributed by atoms with van der Waals surface area (Å²) in [6.07, 6.45) is 3.58. The van der Waals surface area contributed by atoms with Crippen molar-refractivity contribution in [2.45, 2.75) is 25.8 Å². The van der Waals surface area contributed by atoms with Crippen LogP contribution in [0, 0.1) is 23.5 Å². The Morgan fingerprint density at radius 1 is 1.22 bits per heavy atom. The van der Waals surface area contributed by atoms with E-state index in [4.69, 9.17) is 11.6 Å². The third-order valence-electron chi connectivity index (χ3n) is 3.77. The fraction of sp³-hybridized carbons (Fsp3) is 0.571. The van der Waals surface area contributed by atoms with Crippen molar-refractivity contribution in [3.8, 4) is 0 Å². The average Bonchev–Trinajstić information content (AvgIpc) is 2.82. The van der Waals surface area contributed by atoms with Crippen LogP contribution in [0.2, 0.25) is 0 Å². The van der Waals surface area contributed by atoms with Gasteiger partial charge in [-0.3, -0.25) is 0 Å². The van der Waals surface area contributed by atoms with Gasteiger partial charge in [0.25, 0.3) is 0 Å². The number of nitrogens with one attached hydrogen (secondary N) is 1. The molecule has 0 heterocycles. The first-order valence-electron chi connectivity index (χ1n) is 6.42. The molecule has 1 nitrogen and oxygen atoms in total. The van der Waals surface area contributed by atoms with E-state index in [1.807, 2.05) is 0 Å². The molecule has 0 bridgehead atoms. The largest absolute Gasteiger partial charge is 0.312 e. The van der Waals surface area contributed by atoms with E-state index in [9.17, 15) is 8.78 Å². The summed E-state index contributed by atoms with van der Waals surface area (Å²) < 4.78 is 26.4. The fourth-order valence-corrected chi connectivity index (χ4v) is 3.07. The lowest BCUT2D eigenvalue weighted by Gasteiger charge is -2.17. The number of alkyl halides is 1. The van der Waals surface area contributed by atoms with Crippen LogP contribution < -0.4 is 5.32 Å². The molecule has 0 spiro atoms. The van der Waals surface area contributed by atoms with Crippen molar-refractivity contribution in [3.63, 3.8) is 0 Å². The van der Waals surface area contributed by atoms with Crippen molar-refractivity contribution in [1.82, 2.24) is 5.32 Å². The standard InChI is InChI=1S/C14H18ClF2N/c15-7-10-3-1-4-11(10)8-18-9-12-5-2-6-13(16)14(12)17/h2,5-6,10-11,18H,1,3-4,7-9H2. The molecule has 4 heteroatoms. The lowest BCUT2D eigenvalue weighted by molar-refractivity contribution is 0.392. The minimum absolute atomic E-state index is 0.370. The van der Waals surface area contributed by atoms with Crippen LogP contribution >= 0.6 is 11.6 Å². The van der Waals surface area contributed by atoms with Crippen molar-refractivity contribution in [1.29, 1.82) is 0 Å². The molecular formula is C14H18ClF2N. The van der Waals surface area contributed by atoms with E-state index in [1.165, 1.54) is 25.3 Å². The van der Waals surface area contributed by atoms with Crippen molar-refractivity contribution >= 4 is 11.6 Å². The Balaban J connectivity index is 1.83. The minimum atomic E-state index is -0.784. The molecule has 1 aromatic carbocycles. The summed E-state index contributed by atoms with van der Waals surface area (Å²) in [5.74, 6) is 0.301. The number of benzene rings is 1. The zero-order valence-electron chi connectivity index (χ0n) is 10.3. The van der Waals surface area contributed by atoms with E-state index >= 15 is 0 Å². The Bertz CT molecular complexity index is 397. The molecule has 2 rings (SSSR count). The Morgan fingerprint density at radius 3 is 2.78 bits per heavy atom. The van der Waals surface area contributed by atoms with Crippen LogP contribution in [0.15, 0.2) is 18.2 Å². The molecule has 1 fully saturated rings. The highest BCUT2D eigenvalue weighted by Crippen LogP contribution is 2.32. The van der Waals surface area contributed by atoms with E-state index < -0.39 is 11.6 Å². The predicted octanol–water partition coefficient (Wildman–Crippen LogP) is 3.71. The second kappa shape index (κ2) is 6.48. The van der Waals surface area contributed by atoms with Gasteiger partial charge in [-0.25, -0.2) is 8.78 Å². The van der Waals surface area contributed by atoms with Gasteiger partial charge in [-0.15, -0.1) is 11.6 Å². The number of rotatable bonds is 5. The van der Waals surface area contributed by atoms with E-state index in [-0.39, 0.29) is 0 Å². The van der Waals surface area contributed by atoms with Crippen molar-refractivity contribution < 1.29 is 8.78 Å². The Kier molecular flexibility index (Phi) is 4.95.